The molecule has 0 aliphatic carbocycles. The molecule has 2 N–H and O–H groups in total. The van der Waals surface area contributed by atoms with Crippen LogP contribution < -0.4 is 5.73 Å². The predicted octanol–water partition coefficient (Wildman–Crippen LogP) is 1.26. The first-order valence-corrected chi connectivity index (χ1v) is 4.94. The summed E-state index contributed by atoms with van der Waals surface area (Å²) in [6.07, 6.45) is 1.07. The van der Waals surface area contributed by atoms with Gasteiger partial charge in [0, 0.05) is 18.5 Å². The van der Waals surface area contributed by atoms with Crippen molar-refractivity contribution >= 4 is 18.3 Å². The van der Waals surface area contributed by atoms with Crippen LogP contribution in [0.15, 0.2) is 0 Å². The smallest absolute Gasteiger partial charge is 0.227 e. The average molecular weight is 221 g/mol. The van der Waals surface area contributed by atoms with Crippen molar-refractivity contribution in [3.63, 3.8) is 0 Å². The summed E-state index contributed by atoms with van der Waals surface area (Å²) in [6, 6.07) is 0. The van der Waals surface area contributed by atoms with Crippen molar-refractivity contribution in [2.45, 2.75) is 27.2 Å². The van der Waals surface area contributed by atoms with Gasteiger partial charge in [-0.3, -0.25) is 4.79 Å². The Labute approximate surface area is 92.4 Å². The fourth-order valence-electron chi connectivity index (χ4n) is 1.68. The molecule has 0 aromatic rings. The lowest BCUT2D eigenvalue weighted by Gasteiger charge is -2.25. The van der Waals surface area contributed by atoms with Crippen LogP contribution in [-0.2, 0) is 4.79 Å². The summed E-state index contributed by atoms with van der Waals surface area (Å²) in [4.78, 5) is 13.8. The second kappa shape index (κ2) is 4.99. The molecule has 0 saturated carbocycles. The molecule has 0 spiro atoms. The van der Waals surface area contributed by atoms with Crippen LogP contribution in [0, 0.1) is 11.3 Å². The van der Waals surface area contributed by atoms with E-state index < -0.39 is 0 Å². The highest BCUT2D eigenvalue weighted by Crippen LogP contribution is 2.23. The molecule has 1 rings (SSSR count). The number of carbonyl (C=O) groups excluding carboxylic acids is 1. The Morgan fingerprint density at radius 3 is 2.43 bits per heavy atom. The quantitative estimate of drug-likeness (QED) is 0.724. The van der Waals surface area contributed by atoms with Crippen LogP contribution in [0.25, 0.3) is 0 Å². The van der Waals surface area contributed by atoms with Gasteiger partial charge in [0.15, 0.2) is 0 Å². The summed E-state index contributed by atoms with van der Waals surface area (Å²) in [5, 5.41) is 0. The monoisotopic (exact) mass is 220 g/mol. The van der Waals surface area contributed by atoms with E-state index in [9.17, 15) is 4.79 Å². The standard InChI is InChI=1S/C10H20N2O.ClH/c1-10(2,3)9(13)12-5-4-8(6-11)7-12;/h8H,4-7,11H2,1-3H3;1H. The van der Waals surface area contributed by atoms with Gasteiger partial charge < -0.3 is 10.6 Å². The molecule has 1 unspecified atom stereocenters. The topological polar surface area (TPSA) is 46.3 Å². The number of rotatable bonds is 1. The molecule has 0 aromatic carbocycles. The van der Waals surface area contributed by atoms with Gasteiger partial charge in [-0.1, -0.05) is 20.8 Å². The molecule has 0 radical (unpaired) electrons. The summed E-state index contributed by atoms with van der Waals surface area (Å²) < 4.78 is 0. The SMILES string of the molecule is CC(C)(C)C(=O)N1CCC(CN)C1.Cl. The summed E-state index contributed by atoms with van der Waals surface area (Å²) in [7, 11) is 0. The van der Waals surface area contributed by atoms with Crippen LogP contribution >= 0.6 is 12.4 Å². The first-order chi connectivity index (χ1) is 5.95. The number of likely N-dealkylation sites (tertiary alicyclic amines) is 1. The Morgan fingerprint density at radius 1 is 1.50 bits per heavy atom. The van der Waals surface area contributed by atoms with Gasteiger partial charge in [-0.15, -0.1) is 12.4 Å². The highest BCUT2D eigenvalue weighted by Gasteiger charge is 2.31. The fraction of sp³-hybridized carbons (Fsp3) is 0.900. The van der Waals surface area contributed by atoms with E-state index in [0.29, 0.717) is 12.5 Å². The van der Waals surface area contributed by atoms with Crippen LogP contribution in [0.4, 0.5) is 0 Å². The van der Waals surface area contributed by atoms with Crippen LogP contribution in [0.3, 0.4) is 0 Å². The Hall–Kier alpha value is -0.280. The highest BCUT2D eigenvalue weighted by molar-refractivity contribution is 5.85. The molecule has 1 aliphatic heterocycles. The molecule has 0 bridgehead atoms. The van der Waals surface area contributed by atoms with Crippen molar-refractivity contribution in [2.75, 3.05) is 19.6 Å². The lowest BCUT2D eigenvalue weighted by Crippen LogP contribution is -2.38. The van der Waals surface area contributed by atoms with E-state index in [2.05, 4.69) is 0 Å². The van der Waals surface area contributed by atoms with E-state index in [1.54, 1.807) is 0 Å². The Morgan fingerprint density at radius 2 is 2.07 bits per heavy atom. The average Bonchev–Trinajstić information content (AvgIpc) is 2.48. The zero-order chi connectivity index (χ0) is 10.1. The predicted molar refractivity (Wildman–Crippen MR) is 60.4 cm³/mol. The first kappa shape index (κ1) is 13.7. The summed E-state index contributed by atoms with van der Waals surface area (Å²) in [5.74, 6) is 0.773. The van der Waals surface area contributed by atoms with E-state index in [0.717, 1.165) is 19.5 Å². The van der Waals surface area contributed by atoms with E-state index in [1.165, 1.54) is 0 Å². The second-order valence-corrected chi connectivity index (χ2v) is 4.89. The van der Waals surface area contributed by atoms with E-state index in [1.807, 2.05) is 25.7 Å². The molecule has 1 amide bonds. The molecule has 3 nitrogen and oxygen atoms in total. The van der Waals surface area contributed by atoms with Crippen molar-refractivity contribution in [3.8, 4) is 0 Å². The van der Waals surface area contributed by atoms with Gasteiger partial charge >= 0.3 is 0 Å². The second-order valence-electron chi connectivity index (χ2n) is 4.89. The third-order valence-corrected chi connectivity index (χ3v) is 2.55. The lowest BCUT2D eigenvalue weighted by atomic mass is 9.95. The summed E-state index contributed by atoms with van der Waals surface area (Å²) in [6.45, 7) is 8.33. The van der Waals surface area contributed by atoms with Gasteiger partial charge in [-0.05, 0) is 18.9 Å². The molecule has 0 aromatic heterocycles. The molecule has 1 aliphatic rings. The minimum absolute atomic E-state index is 0. The largest absolute Gasteiger partial charge is 0.342 e. The number of hydrogen-bond acceptors (Lipinski definition) is 2. The molecule has 1 saturated heterocycles. The highest BCUT2D eigenvalue weighted by atomic mass is 35.5. The van der Waals surface area contributed by atoms with Crippen molar-refractivity contribution in [1.82, 2.24) is 4.90 Å². The molecule has 1 atom stereocenters. The third-order valence-electron chi connectivity index (χ3n) is 2.55. The molecular formula is C10H21ClN2O. The molecule has 1 heterocycles. The normalized spacial score (nSPS) is 22.0. The Bertz CT molecular complexity index is 201. The number of hydrogen-bond donors (Lipinski definition) is 1. The van der Waals surface area contributed by atoms with Gasteiger partial charge in [0.25, 0.3) is 0 Å². The number of carbonyl (C=O) groups is 1. The molecular weight excluding hydrogens is 200 g/mol. The van der Waals surface area contributed by atoms with E-state index in [-0.39, 0.29) is 23.7 Å². The van der Waals surface area contributed by atoms with Crippen LogP contribution in [0.2, 0.25) is 0 Å². The zero-order valence-electron chi connectivity index (χ0n) is 9.25. The maximum absolute atomic E-state index is 11.8. The summed E-state index contributed by atoms with van der Waals surface area (Å²) >= 11 is 0. The minimum Gasteiger partial charge on any atom is -0.342 e. The number of nitrogens with zero attached hydrogens (tertiary/aromatic N) is 1. The number of nitrogens with two attached hydrogens (primary N) is 1. The van der Waals surface area contributed by atoms with Gasteiger partial charge in [0.05, 0.1) is 0 Å². The maximum Gasteiger partial charge on any atom is 0.227 e. The number of amides is 1. The Kier molecular flexibility index (Phi) is 4.89. The van der Waals surface area contributed by atoms with E-state index in [4.69, 9.17) is 5.73 Å². The van der Waals surface area contributed by atoms with Crippen molar-refractivity contribution in [1.29, 1.82) is 0 Å². The van der Waals surface area contributed by atoms with Crippen molar-refractivity contribution in [2.24, 2.45) is 17.1 Å². The van der Waals surface area contributed by atoms with Gasteiger partial charge in [-0.2, -0.15) is 0 Å². The molecule has 4 heteroatoms. The molecule has 84 valence electrons. The summed E-state index contributed by atoms with van der Waals surface area (Å²) in [5.41, 5.74) is 5.32. The maximum atomic E-state index is 11.8. The van der Waals surface area contributed by atoms with Crippen LogP contribution in [0.5, 0.6) is 0 Å². The third kappa shape index (κ3) is 3.14. The van der Waals surface area contributed by atoms with Crippen LogP contribution in [0.1, 0.15) is 27.2 Å². The van der Waals surface area contributed by atoms with Crippen molar-refractivity contribution in [3.05, 3.63) is 0 Å². The minimum atomic E-state index is -0.247. The Balaban J connectivity index is 0.00000169. The fourth-order valence-corrected chi connectivity index (χ4v) is 1.68. The molecule has 1 fully saturated rings. The van der Waals surface area contributed by atoms with E-state index >= 15 is 0 Å². The zero-order valence-corrected chi connectivity index (χ0v) is 10.1. The number of halogens is 1. The lowest BCUT2D eigenvalue weighted by molar-refractivity contribution is -0.138. The first-order valence-electron chi connectivity index (χ1n) is 4.94. The van der Waals surface area contributed by atoms with Gasteiger partial charge in [-0.25, -0.2) is 0 Å². The van der Waals surface area contributed by atoms with Crippen molar-refractivity contribution < 1.29 is 4.79 Å². The van der Waals surface area contributed by atoms with Gasteiger partial charge in [0.1, 0.15) is 0 Å². The van der Waals surface area contributed by atoms with Crippen LogP contribution in [-0.4, -0.2) is 30.4 Å². The molecule has 14 heavy (non-hydrogen) atoms. The van der Waals surface area contributed by atoms with Gasteiger partial charge in [0.2, 0.25) is 5.91 Å².